The summed E-state index contributed by atoms with van der Waals surface area (Å²) in [5.74, 6) is 1.08. The quantitative estimate of drug-likeness (QED) is 0.183. The molecule has 0 N–H and O–H groups in total. The van der Waals surface area contributed by atoms with Crippen molar-refractivity contribution in [2.24, 2.45) is 0 Å². The highest BCUT2D eigenvalue weighted by molar-refractivity contribution is 7.26. The van der Waals surface area contributed by atoms with Crippen LogP contribution < -0.4 is 0 Å². The summed E-state index contributed by atoms with van der Waals surface area (Å²) in [6.45, 7) is 0. The molecule has 0 aliphatic heterocycles. The number of hydrogen-bond acceptors (Lipinski definition) is 5. The van der Waals surface area contributed by atoms with E-state index in [9.17, 15) is 0 Å². The molecule has 0 saturated heterocycles. The van der Waals surface area contributed by atoms with Crippen molar-refractivity contribution in [3.05, 3.63) is 164 Å². The molecule has 4 nitrogen and oxygen atoms in total. The van der Waals surface area contributed by atoms with Crippen LogP contribution in [0.5, 0.6) is 0 Å². The van der Waals surface area contributed by atoms with Crippen LogP contribution in [0.15, 0.2) is 168 Å². The van der Waals surface area contributed by atoms with Gasteiger partial charge in [-0.1, -0.05) is 151 Å². The molecule has 0 amide bonds. The van der Waals surface area contributed by atoms with Crippen molar-refractivity contribution in [3.63, 3.8) is 0 Å². The third kappa shape index (κ3) is 4.63. The Morgan fingerprint density at radius 1 is 0.400 bits per heavy atom. The van der Waals surface area contributed by atoms with Crippen molar-refractivity contribution in [1.82, 2.24) is 15.0 Å². The monoisotopic (exact) mass is 667 g/mol. The van der Waals surface area contributed by atoms with Gasteiger partial charge in [-0.05, 0) is 28.8 Å². The van der Waals surface area contributed by atoms with Gasteiger partial charge in [0, 0.05) is 47.6 Å². The lowest BCUT2D eigenvalue weighted by Crippen LogP contribution is -2.00. The molecule has 234 valence electrons. The summed E-state index contributed by atoms with van der Waals surface area (Å²) < 4.78 is 92.5. The van der Waals surface area contributed by atoms with Crippen LogP contribution in [0.1, 0.15) is 13.7 Å². The van der Waals surface area contributed by atoms with Gasteiger partial charge in [-0.15, -0.1) is 11.3 Å². The molecule has 3 heterocycles. The molecular formula is C45H27N3OS. The van der Waals surface area contributed by atoms with Gasteiger partial charge in [-0.25, -0.2) is 15.0 Å². The number of nitrogens with zero attached hydrogens (tertiary/aromatic N) is 3. The molecule has 5 heteroatoms. The Hall–Kier alpha value is -6.43. The maximum Gasteiger partial charge on any atom is 0.167 e. The van der Waals surface area contributed by atoms with Crippen LogP contribution in [-0.4, -0.2) is 15.0 Å². The Labute approximate surface area is 306 Å². The Kier molecular flexibility index (Phi) is 4.69. The zero-order valence-corrected chi connectivity index (χ0v) is 26.8. The zero-order chi connectivity index (χ0) is 41.7. The normalized spacial score (nSPS) is 14.4. The number of benzene rings is 7. The smallest absolute Gasteiger partial charge is 0.167 e. The molecule has 0 aliphatic carbocycles. The van der Waals surface area contributed by atoms with Crippen molar-refractivity contribution in [3.8, 4) is 56.4 Å². The highest BCUT2D eigenvalue weighted by Crippen LogP contribution is 2.44. The van der Waals surface area contributed by atoms with E-state index in [0.717, 1.165) is 25.7 Å². The lowest BCUT2D eigenvalue weighted by molar-refractivity contribution is 0.670. The Balaban J connectivity index is 1.21. The highest BCUT2D eigenvalue weighted by Gasteiger charge is 2.21. The SMILES string of the molecule is [2H]c1c([2H])c([2H])c(-c2cccc3c2oc2c(-c4nc(-c5ccccc5)nc(-c5cccc6c5sc5c(-c7c([2H])c([2H])c([2H])c([2H])c7[2H])cccc56)n4)cccc23)c([2H])c1[2H]. The van der Waals surface area contributed by atoms with Gasteiger partial charge < -0.3 is 4.42 Å². The van der Waals surface area contributed by atoms with Gasteiger partial charge in [0.25, 0.3) is 0 Å². The predicted molar refractivity (Wildman–Crippen MR) is 207 cm³/mol. The summed E-state index contributed by atoms with van der Waals surface area (Å²) in [7, 11) is 0. The lowest BCUT2D eigenvalue weighted by Gasteiger charge is -2.09. The van der Waals surface area contributed by atoms with Crippen LogP contribution in [0.2, 0.25) is 0 Å². The van der Waals surface area contributed by atoms with Gasteiger partial charge in [0.2, 0.25) is 0 Å². The molecule has 0 fully saturated rings. The summed E-state index contributed by atoms with van der Waals surface area (Å²) in [5, 5.41) is 3.12. The van der Waals surface area contributed by atoms with E-state index < -0.39 is 36.3 Å². The van der Waals surface area contributed by atoms with E-state index in [4.69, 9.17) is 33.1 Å². The van der Waals surface area contributed by atoms with Gasteiger partial charge in [0.05, 0.1) is 19.3 Å². The van der Waals surface area contributed by atoms with E-state index in [-0.39, 0.29) is 35.3 Å². The van der Waals surface area contributed by atoms with E-state index in [1.165, 1.54) is 11.3 Å². The second-order valence-corrected chi connectivity index (χ2v) is 12.6. The fourth-order valence-electron chi connectivity index (χ4n) is 6.49. The number of furan rings is 1. The van der Waals surface area contributed by atoms with E-state index >= 15 is 0 Å². The standard InChI is InChI=1S/C45H27N3OS/c1-4-14-28(15-5-1)31-20-10-22-33-34-23-12-26-37(40(34)49-39(31)33)44-46-43(30-18-8-3-9-19-30)47-45(48-44)38-27-13-25-36-35-24-11-21-32(41(35)50-42(36)38)29-16-6-2-7-17-29/h1-27H/i1D,2D,4D,5D,6D,7D,14D,15D,16D,17D. The minimum absolute atomic E-state index is 0.0344. The molecule has 0 spiro atoms. The van der Waals surface area contributed by atoms with Crippen LogP contribution in [0.3, 0.4) is 0 Å². The van der Waals surface area contributed by atoms with Gasteiger partial charge in [-0.3, -0.25) is 0 Å². The topological polar surface area (TPSA) is 51.8 Å². The van der Waals surface area contributed by atoms with Crippen LogP contribution in [0.4, 0.5) is 0 Å². The fourth-order valence-corrected chi connectivity index (χ4v) is 7.82. The number of hydrogen-bond donors (Lipinski definition) is 0. The van der Waals surface area contributed by atoms with E-state index in [0.29, 0.717) is 61.7 Å². The molecule has 50 heavy (non-hydrogen) atoms. The molecule has 0 aliphatic rings. The summed E-state index contributed by atoms with van der Waals surface area (Å²) >= 11 is 1.43. The van der Waals surface area contributed by atoms with Crippen LogP contribution in [-0.2, 0) is 0 Å². The van der Waals surface area contributed by atoms with E-state index in [2.05, 4.69) is 0 Å². The third-order valence-corrected chi connectivity index (χ3v) is 10.0. The van der Waals surface area contributed by atoms with Crippen molar-refractivity contribution in [1.29, 1.82) is 0 Å². The van der Waals surface area contributed by atoms with Gasteiger partial charge in [-0.2, -0.15) is 0 Å². The van der Waals surface area contributed by atoms with E-state index in [1.807, 2.05) is 84.9 Å². The van der Waals surface area contributed by atoms with Crippen LogP contribution in [0.25, 0.3) is 98.5 Å². The average molecular weight is 668 g/mol. The molecule has 0 unspecified atom stereocenters. The van der Waals surface area contributed by atoms with Gasteiger partial charge in [0.1, 0.15) is 11.2 Å². The summed E-state index contributed by atoms with van der Waals surface area (Å²) in [5.41, 5.74) is 3.81. The maximum absolute atomic E-state index is 8.72. The first-order valence-electron chi connectivity index (χ1n) is 20.8. The number of fused-ring (bicyclic) bond motifs is 6. The van der Waals surface area contributed by atoms with Crippen molar-refractivity contribution >= 4 is 53.4 Å². The lowest BCUT2D eigenvalue weighted by atomic mass is 10.0. The Morgan fingerprint density at radius 3 is 1.54 bits per heavy atom. The van der Waals surface area contributed by atoms with Crippen LogP contribution >= 0.6 is 11.3 Å². The second kappa shape index (κ2) is 11.6. The fraction of sp³-hybridized carbons (Fsp3) is 0. The Morgan fingerprint density at radius 2 is 0.880 bits per heavy atom. The molecule has 0 bridgehead atoms. The van der Waals surface area contributed by atoms with Gasteiger partial charge in [0.15, 0.2) is 17.5 Å². The largest absolute Gasteiger partial charge is 0.455 e. The maximum atomic E-state index is 8.72. The molecular weight excluding hydrogens is 631 g/mol. The molecule has 7 aromatic carbocycles. The number of thiophene rings is 1. The average Bonchev–Trinajstić information content (AvgIpc) is 3.86. The molecule has 0 atom stereocenters. The first kappa shape index (κ1) is 20.2. The summed E-state index contributed by atoms with van der Waals surface area (Å²) in [4.78, 5) is 15.1. The first-order chi connectivity index (χ1) is 28.9. The molecule has 10 aromatic rings. The molecule has 10 rings (SSSR count). The first-order valence-corrected chi connectivity index (χ1v) is 16.6. The number of aromatic nitrogens is 3. The zero-order valence-electron chi connectivity index (χ0n) is 36.0. The van der Waals surface area contributed by atoms with Gasteiger partial charge >= 0.3 is 0 Å². The summed E-state index contributed by atoms with van der Waals surface area (Å²) in [6.07, 6.45) is 0. The second-order valence-electron chi connectivity index (χ2n) is 11.6. The Bertz CT molecular complexity index is 3200. The molecule has 0 saturated carbocycles. The molecule has 0 radical (unpaired) electrons. The number of rotatable bonds is 5. The third-order valence-electron chi connectivity index (χ3n) is 8.74. The highest BCUT2D eigenvalue weighted by atomic mass is 32.1. The van der Waals surface area contributed by atoms with Crippen molar-refractivity contribution < 1.29 is 18.1 Å². The van der Waals surface area contributed by atoms with Crippen LogP contribution in [0, 0.1) is 0 Å². The number of para-hydroxylation sites is 2. The minimum atomic E-state index is -0.478. The minimum Gasteiger partial charge on any atom is -0.455 e. The summed E-state index contributed by atoms with van der Waals surface area (Å²) in [6, 6.07) is 27.9. The van der Waals surface area contributed by atoms with E-state index in [1.54, 1.807) is 18.2 Å². The van der Waals surface area contributed by atoms with Crippen molar-refractivity contribution in [2.45, 2.75) is 0 Å². The van der Waals surface area contributed by atoms with Crippen molar-refractivity contribution in [2.75, 3.05) is 0 Å². The molecule has 3 aromatic heterocycles. The predicted octanol–water partition coefficient (Wildman–Crippen LogP) is 12.5.